The van der Waals surface area contributed by atoms with Crippen molar-refractivity contribution < 1.29 is 23.9 Å². The minimum atomic E-state index is -0.868. The van der Waals surface area contributed by atoms with E-state index in [1.54, 1.807) is 26.4 Å². The lowest BCUT2D eigenvalue weighted by Crippen LogP contribution is -2.43. The summed E-state index contributed by atoms with van der Waals surface area (Å²) >= 11 is 0. The lowest BCUT2D eigenvalue weighted by atomic mass is 9.94. The third-order valence-corrected chi connectivity index (χ3v) is 5.33. The second-order valence-electron chi connectivity index (χ2n) is 6.76. The molecule has 2 heterocycles. The van der Waals surface area contributed by atoms with E-state index in [1.165, 1.54) is 4.90 Å². The van der Waals surface area contributed by atoms with Crippen molar-refractivity contribution in [2.45, 2.75) is 44.2 Å². The van der Waals surface area contributed by atoms with Crippen LogP contribution in [0.2, 0.25) is 0 Å². The SMILES string of the molecule is COc1ccc(C2=C3C(=O)N(C4CCCCC4)C(=O)[C@H]3ON2)cc1OC. The Labute approximate surface area is 151 Å². The first-order chi connectivity index (χ1) is 12.7. The Balaban J connectivity index is 1.71. The summed E-state index contributed by atoms with van der Waals surface area (Å²) in [5.74, 6) is 0.626. The van der Waals surface area contributed by atoms with Gasteiger partial charge < -0.3 is 9.47 Å². The lowest BCUT2D eigenvalue weighted by Gasteiger charge is -2.29. The lowest BCUT2D eigenvalue weighted by molar-refractivity contribution is -0.146. The highest BCUT2D eigenvalue weighted by atomic mass is 16.7. The maximum absolute atomic E-state index is 13.0. The van der Waals surface area contributed by atoms with Crippen LogP contribution in [0.3, 0.4) is 0 Å². The Kier molecular flexibility index (Phi) is 4.32. The summed E-state index contributed by atoms with van der Waals surface area (Å²) in [6.45, 7) is 0. The van der Waals surface area contributed by atoms with Crippen molar-refractivity contribution in [3.63, 3.8) is 0 Å². The van der Waals surface area contributed by atoms with Crippen LogP contribution < -0.4 is 15.0 Å². The van der Waals surface area contributed by atoms with Crippen molar-refractivity contribution in [3.8, 4) is 11.5 Å². The number of hydrogen-bond acceptors (Lipinski definition) is 6. The van der Waals surface area contributed by atoms with Gasteiger partial charge in [0.25, 0.3) is 11.8 Å². The Morgan fingerprint density at radius 1 is 1.08 bits per heavy atom. The largest absolute Gasteiger partial charge is 0.493 e. The molecule has 3 aliphatic rings. The number of hydroxylamine groups is 1. The van der Waals surface area contributed by atoms with Crippen LogP contribution in [0.4, 0.5) is 0 Å². The molecule has 2 fully saturated rings. The Morgan fingerprint density at radius 3 is 2.50 bits per heavy atom. The zero-order valence-electron chi connectivity index (χ0n) is 14.9. The van der Waals surface area contributed by atoms with Crippen LogP contribution in [0.15, 0.2) is 23.8 Å². The van der Waals surface area contributed by atoms with Gasteiger partial charge in [-0.2, -0.15) is 0 Å². The van der Waals surface area contributed by atoms with Crippen molar-refractivity contribution in [2.24, 2.45) is 0 Å². The number of nitrogens with one attached hydrogen (secondary N) is 1. The third-order valence-electron chi connectivity index (χ3n) is 5.33. The summed E-state index contributed by atoms with van der Waals surface area (Å²) in [6.07, 6.45) is 4.13. The first-order valence-corrected chi connectivity index (χ1v) is 8.91. The highest BCUT2D eigenvalue weighted by molar-refractivity contribution is 6.20. The molecule has 2 aliphatic heterocycles. The Hall–Kier alpha value is -2.54. The van der Waals surface area contributed by atoms with E-state index in [4.69, 9.17) is 14.3 Å². The molecule has 0 spiro atoms. The van der Waals surface area contributed by atoms with Crippen LogP contribution in [0.1, 0.15) is 37.7 Å². The van der Waals surface area contributed by atoms with Gasteiger partial charge in [0.1, 0.15) is 0 Å². The van der Waals surface area contributed by atoms with Crippen molar-refractivity contribution in [2.75, 3.05) is 14.2 Å². The van der Waals surface area contributed by atoms with Gasteiger partial charge in [0.15, 0.2) is 17.6 Å². The van der Waals surface area contributed by atoms with E-state index in [1.807, 2.05) is 6.07 Å². The molecule has 0 bridgehead atoms. The molecule has 1 saturated carbocycles. The smallest absolute Gasteiger partial charge is 0.266 e. The average Bonchev–Trinajstić information content (AvgIpc) is 3.22. The van der Waals surface area contributed by atoms with Crippen LogP contribution >= 0.6 is 0 Å². The van der Waals surface area contributed by atoms with Gasteiger partial charge in [-0.3, -0.25) is 24.8 Å². The summed E-state index contributed by atoms with van der Waals surface area (Å²) in [7, 11) is 3.11. The molecule has 1 atom stereocenters. The van der Waals surface area contributed by atoms with Crippen molar-refractivity contribution in [1.82, 2.24) is 10.4 Å². The molecule has 1 aromatic carbocycles. The van der Waals surface area contributed by atoms with E-state index in [-0.39, 0.29) is 17.9 Å². The summed E-state index contributed by atoms with van der Waals surface area (Å²) < 4.78 is 10.6. The number of imide groups is 1. The summed E-state index contributed by atoms with van der Waals surface area (Å²) in [4.78, 5) is 32.7. The van der Waals surface area contributed by atoms with E-state index in [0.29, 0.717) is 28.3 Å². The molecule has 0 aromatic heterocycles. The van der Waals surface area contributed by atoms with E-state index >= 15 is 0 Å². The number of methoxy groups -OCH3 is 2. The molecular weight excluding hydrogens is 336 g/mol. The van der Waals surface area contributed by atoms with Crippen molar-refractivity contribution in [1.29, 1.82) is 0 Å². The fourth-order valence-electron chi connectivity index (χ4n) is 4.00. The topological polar surface area (TPSA) is 77.1 Å². The predicted octanol–water partition coefficient (Wildman–Crippen LogP) is 2.02. The quantitative estimate of drug-likeness (QED) is 0.830. The zero-order valence-corrected chi connectivity index (χ0v) is 14.9. The number of benzene rings is 1. The number of rotatable bonds is 4. The Morgan fingerprint density at radius 2 is 1.81 bits per heavy atom. The van der Waals surface area contributed by atoms with Crippen LogP contribution in [-0.4, -0.2) is 43.1 Å². The van der Waals surface area contributed by atoms with Gasteiger partial charge in [0.05, 0.1) is 25.5 Å². The van der Waals surface area contributed by atoms with Crippen LogP contribution in [0, 0.1) is 0 Å². The molecule has 1 saturated heterocycles. The maximum atomic E-state index is 13.0. The van der Waals surface area contributed by atoms with E-state index in [2.05, 4.69) is 5.48 Å². The number of likely N-dealkylation sites (tertiary alicyclic amines) is 1. The summed E-state index contributed by atoms with van der Waals surface area (Å²) in [5.41, 5.74) is 4.38. The van der Waals surface area contributed by atoms with Crippen LogP contribution in [0.5, 0.6) is 11.5 Å². The number of fused-ring (bicyclic) bond motifs is 1. The second-order valence-corrected chi connectivity index (χ2v) is 6.76. The Bertz CT molecular complexity index is 782. The van der Waals surface area contributed by atoms with Crippen LogP contribution in [0.25, 0.3) is 5.70 Å². The molecule has 4 rings (SSSR count). The van der Waals surface area contributed by atoms with Crippen LogP contribution in [-0.2, 0) is 14.4 Å². The molecular formula is C19H22N2O5. The number of carbonyl (C=O) groups excluding carboxylic acids is 2. The zero-order chi connectivity index (χ0) is 18.3. The van der Waals surface area contributed by atoms with Crippen molar-refractivity contribution >= 4 is 17.5 Å². The minimum Gasteiger partial charge on any atom is -0.493 e. The normalized spacial score (nSPS) is 23.3. The maximum Gasteiger partial charge on any atom is 0.266 e. The number of nitrogens with zero attached hydrogens (tertiary/aromatic N) is 1. The number of ether oxygens (including phenoxy) is 2. The van der Waals surface area contributed by atoms with Gasteiger partial charge in [-0.05, 0) is 31.0 Å². The van der Waals surface area contributed by atoms with Gasteiger partial charge in [0.2, 0.25) is 0 Å². The minimum absolute atomic E-state index is 0.0166. The van der Waals surface area contributed by atoms with E-state index < -0.39 is 6.10 Å². The fraction of sp³-hybridized carbons (Fsp3) is 0.474. The third kappa shape index (κ3) is 2.54. The highest BCUT2D eigenvalue weighted by Crippen LogP contribution is 2.38. The molecule has 2 amide bonds. The molecule has 0 radical (unpaired) electrons. The monoisotopic (exact) mass is 358 g/mol. The number of amides is 2. The number of carbonyl (C=O) groups is 2. The average molecular weight is 358 g/mol. The van der Waals surface area contributed by atoms with Gasteiger partial charge in [-0.15, -0.1) is 0 Å². The summed E-state index contributed by atoms with van der Waals surface area (Å²) in [6, 6.07) is 5.32. The molecule has 1 aromatic rings. The van der Waals surface area contributed by atoms with E-state index in [9.17, 15) is 9.59 Å². The van der Waals surface area contributed by atoms with Gasteiger partial charge in [-0.25, -0.2) is 0 Å². The summed E-state index contributed by atoms with van der Waals surface area (Å²) in [5, 5.41) is 0. The van der Waals surface area contributed by atoms with Gasteiger partial charge in [-0.1, -0.05) is 19.3 Å². The van der Waals surface area contributed by atoms with Gasteiger partial charge in [0, 0.05) is 11.6 Å². The number of hydrogen-bond donors (Lipinski definition) is 1. The molecule has 7 nitrogen and oxygen atoms in total. The van der Waals surface area contributed by atoms with Gasteiger partial charge >= 0.3 is 0 Å². The first kappa shape index (κ1) is 16.9. The second kappa shape index (κ2) is 6.64. The van der Waals surface area contributed by atoms with Crippen molar-refractivity contribution in [3.05, 3.63) is 29.3 Å². The molecule has 0 unspecified atom stereocenters. The molecule has 1 N–H and O–H groups in total. The predicted molar refractivity (Wildman–Crippen MR) is 93.2 cm³/mol. The first-order valence-electron chi connectivity index (χ1n) is 8.91. The molecule has 138 valence electrons. The molecule has 26 heavy (non-hydrogen) atoms. The molecule has 1 aliphatic carbocycles. The molecule has 7 heteroatoms. The standard InChI is InChI=1S/C19H22N2O5/c1-24-13-9-8-11(10-14(13)25-2)16-15-17(26-20-16)19(23)21(18(15)22)12-6-4-3-5-7-12/h8-10,12,17,20H,3-7H2,1-2H3/t17-/m0/s1. The fourth-order valence-corrected chi connectivity index (χ4v) is 4.00. The van der Waals surface area contributed by atoms with E-state index in [0.717, 1.165) is 32.1 Å². The highest BCUT2D eigenvalue weighted by Gasteiger charge is 2.52.